The fourth-order valence-electron chi connectivity index (χ4n) is 0.701. The van der Waals surface area contributed by atoms with Crippen LogP contribution < -0.4 is 4.72 Å². The van der Waals surface area contributed by atoms with E-state index in [4.69, 9.17) is 0 Å². The van der Waals surface area contributed by atoms with E-state index in [2.05, 4.69) is 37.6 Å². The Bertz CT molecular complexity index is 225. The molecule has 0 aromatic heterocycles. The van der Waals surface area contributed by atoms with Crippen molar-refractivity contribution in [3.8, 4) is 0 Å². The summed E-state index contributed by atoms with van der Waals surface area (Å²) in [6, 6.07) is 10.3. The zero-order valence-electron chi connectivity index (χ0n) is 7.79. The first-order chi connectivity index (χ1) is 5.58. The largest absolute Gasteiger partial charge is 0.255 e. The first-order valence-corrected chi connectivity index (χ1v) is 4.89. The molecule has 1 rings (SSSR count). The average Bonchev–Trinajstić information content (AvgIpc) is 2.02. The fourth-order valence-corrected chi connectivity index (χ4v) is 1.42. The minimum atomic E-state index is 0.167. The summed E-state index contributed by atoms with van der Waals surface area (Å²) in [5.74, 6) is 0. The SMILES string of the molecule is CC(C)(C)NSc1ccccc1. The van der Waals surface area contributed by atoms with Gasteiger partial charge in [0.15, 0.2) is 0 Å². The molecule has 0 fully saturated rings. The van der Waals surface area contributed by atoms with E-state index in [0.717, 1.165) is 0 Å². The van der Waals surface area contributed by atoms with E-state index >= 15 is 0 Å². The zero-order chi connectivity index (χ0) is 9.03. The molecule has 0 aliphatic rings. The third kappa shape index (κ3) is 3.79. The van der Waals surface area contributed by atoms with Gasteiger partial charge in [0.05, 0.1) is 0 Å². The standard InChI is InChI=1S/C10H15NS/c1-10(2,3)11-12-9-7-5-4-6-8-9/h4-8,11H,1-3H3. The second-order valence-electron chi connectivity index (χ2n) is 3.77. The smallest absolute Gasteiger partial charge is 0.0228 e. The third-order valence-corrected chi connectivity index (χ3v) is 2.44. The highest BCUT2D eigenvalue weighted by molar-refractivity contribution is 7.97. The van der Waals surface area contributed by atoms with Crippen LogP contribution in [0.5, 0.6) is 0 Å². The summed E-state index contributed by atoms with van der Waals surface area (Å²) in [6.07, 6.45) is 0. The van der Waals surface area contributed by atoms with Crippen LogP contribution in [0.4, 0.5) is 0 Å². The van der Waals surface area contributed by atoms with Gasteiger partial charge in [0.2, 0.25) is 0 Å². The monoisotopic (exact) mass is 181 g/mol. The molecule has 0 saturated heterocycles. The predicted molar refractivity (Wildman–Crippen MR) is 55.2 cm³/mol. The highest BCUT2D eigenvalue weighted by atomic mass is 32.2. The summed E-state index contributed by atoms with van der Waals surface area (Å²) in [6.45, 7) is 6.47. The van der Waals surface area contributed by atoms with Crippen molar-refractivity contribution in [1.82, 2.24) is 4.72 Å². The van der Waals surface area contributed by atoms with Gasteiger partial charge in [0, 0.05) is 10.4 Å². The first kappa shape index (κ1) is 9.62. The molecule has 0 aliphatic carbocycles. The molecule has 0 saturated carbocycles. The lowest BCUT2D eigenvalue weighted by atomic mass is 10.1. The molecule has 0 aliphatic heterocycles. The molecule has 2 heteroatoms. The van der Waals surface area contributed by atoms with Gasteiger partial charge in [-0.3, -0.25) is 4.72 Å². The lowest BCUT2D eigenvalue weighted by molar-refractivity contribution is 0.535. The molecule has 0 spiro atoms. The van der Waals surface area contributed by atoms with Crippen LogP contribution in [0, 0.1) is 0 Å². The second-order valence-corrected chi connectivity index (χ2v) is 4.65. The van der Waals surface area contributed by atoms with Gasteiger partial charge in [0.1, 0.15) is 0 Å². The summed E-state index contributed by atoms with van der Waals surface area (Å²) in [4.78, 5) is 1.26. The van der Waals surface area contributed by atoms with Crippen molar-refractivity contribution in [3.63, 3.8) is 0 Å². The van der Waals surface area contributed by atoms with Crippen molar-refractivity contribution >= 4 is 11.9 Å². The van der Waals surface area contributed by atoms with Gasteiger partial charge in [-0.1, -0.05) is 18.2 Å². The van der Waals surface area contributed by atoms with Crippen LogP contribution in [-0.2, 0) is 0 Å². The maximum absolute atomic E-state index is 3.35. The number of hydrogen-bond acceptors (Lipinski definition) is 2. The molecule has 0 bridgehead atoms. The normalized spacial score (nSPS) is 11.6. The molecule has 1 aromatic carbocycles. The highest BCUT2D eigenvalue weighted by Crippen LogP contribution is 2.16. The van der Waals surface area contributed by atoms with Crippen molar-refractivity contribution in [2.75, 3.05) is 0 Å². The van der Waals surface area contributed by atoms with Crippen LogP contribution in [0.3, 0.4) is 0 Å². The Balaban J connectivity index is 2.44. The number of rotatable bonds is 2. The summed E-state index contributed by atoms with van der Waals surface area (Å²) < 4.78 is 3.35. The van der Waals surface area contributed by atoms with Crippen LogP contribution in [0.25, 0.3) is 0 Å². The van der Waals surface area contributed by atoms with Gasteiger partial charge in [-0.05, 0) is 44.9 Å². The summed E-state index contributed by atoms with van der Waals surface area (Å²) in [5.41, 5.74) is 0.167. The molecular formula is C10H15NS. The molecule has 0 unspecified atom stereocenters. The van der Waals surface area contributed by atoms with Crippen LogP contribution in [-0.4, -0.2) is 5.54 Å². The first-order valence-electron chi connectivity index (χ1n) is 4.07. The van der Waals surface area contributed by atoms with Crippen molar-refractivity contribution in [2.45, 2.75) is 31.2 Å². The Morgan fingerprint density at radius 3 is 2.17 bits per heavy atom. The summed E-state index contributed by atoms with van der Waals surface area (Å²) in [7, 11) is 0. The minimum Gasteiger partial charge on any atom is -0.255 e. The number of hydrogen-bond donors (Lipinski definition) is 1. The number of benzene rings is 1. The molecule has 0 heterocycles. The van der Waals surface area contributed by atoms with E-state index in [1.54, 1.807) is 11.9 Å². The molecule has 1 nitrogen and oxygen atoms in total. The lowest BCUT2D eigenvalue weighted by Crippen LogP contribution is -2.29. The van der Waals surface area contributed by atoms with Gasteiger partial charge in [-0.25, -0.2) is 0 Å². The van der Waals surface area contributed by atoms with Crippen LogP contribution in [0.1, 0.15) is 20.8 Å². The fraction of sp³-hybridized carbons (Fsp3) is 0.400. The molecular weight excluding hydrogens is 166 g/mol. The van der Waals surface area contributed by atoms with E-state index < -0.39 is 0 Å². The number of nitrogens with one attached hydrogen (secondary N) is 1. The Hall–Kier alpha value is -0.470. The Labute approximate surface area is 78.7 Å². The van der Waals surface area contributed by atoms with Crippen molar-refractivity contribution < 1.29 is 0 Å². The van der Waals surface area contributed by atoms with Crippen LogP contribution in [0.2, 0.25) is 0 Å². The van der Waals surface area contributed by atoms with Crippen LogP contribution in [0.15, 0.2) is 35.2 Å². The molecule has 1 N–H and O–H groups in total. The predicted octanol–water partition coefficient (Wildman–Crippen LogP) is 3.08. The molecule has 66 valence electrons. The molecule has 1 aromatic rings. The maximum atomic E-state index is 3.35. The van der Waals surface area contributed by atoms with Gasteiger partial charge in [0.25, 0.3) is 0 Å². The Morgan fingerprint density at radius 1 is 1.08 bits per heavy atom. The topological polar surface area (TPSA) is 12.0 Å². The molecule has 0 amide bonds. The van der Waals surface area contributed by atoms with Crippen LogP contribution >= 0.6 is 11.9 Å². The molecule has 12 heavy (non-hydrogen) atoms. The van der Waals surface area contributed by atoms with Gasteiger partial charge in [-0.15, -0.1) is 0 Å². The van der Waals surface area contributed by atoms with E-state index in [1.165, 1.54) is 4.90 Å². The average molecular weight is 181 g/mol. The third-order valence-electron chi connectivity index (χ3n) is 1.22. The minimum absolute atomic E-state index is 0.167. The lowest BCUT2D eigenvalue weighted by Gasteiger charge is -2.19. The summed E-state index contributed by atoms with van der Waals surface area (Å²) in [5, 5.41) is 0. The maximum Gasteiger partial charge on any atom is 0.0228 e. The zero-order valence-corrected chi connectivity index (χ0v) is 8.61. The molecule has 0 atom stereocenters. The quantitative estimate of drug-likeness (QED) is 0.704. The highest BCUT2D eigenvalue weighted by Gasteiger charge is 2.08. The molecule has 0 radical (unpaired) electrons. The van der Waals surface area contributed by atoms with Gasteiger partial charge in [-0.2, -0.15) is 0 Å². The Kier molecular flexibility index (Phi) is 3.18. The van der Waals surface area contributed by atoms with E-state index in [-0.39, 0.29) is 5.54 Å². The second kappa shape index (κ2) is 3.97. The van der Waals surface area contributed by atoms with Crippen molar-refractivity contribution in [3.05, 3.63) is 30.3 Å². The van der Waals surface area contributed by atoms with E-state index in [0.29, 0.717) is 0 Å². The van der Waals surface area contributed by atoms with E-state index in [1.807, 2.05) is 18.2 Å². The van der Waals surface area contributed by atoms with Gasteiger partial charge < -0.3 is 0 Å². The van der Waals surface area contributed by atoms with Crippen molar-refractivity contribution in [1.29, 1.82) is 0 Å². The van der Waals surface area contributed by atoms with Crippen molar-refractivity contribution in [2.24, 2.45) is 0 Å². The summed E-state index contributed by atoms with van der Waals surface area (Å²) >= 11 is 1.68. The van der Waals surface area contributed by atoms with E-state index in [9.17, 15) is 0 Å². The van der Waals surface area contributed by atoms with Gasteiger partial charge >= 0.3 is 0 Å². The Morgan fingerprint density at radius 2 is 1.67 bits per heavy atom.